The summed E-state index contributed by atoms with van der Waals surface area (Å²) >= 11 is 0. The molecule has 0 bridgehead atoms. The van der Waals surface area contributed by atoms with Crippen LogP contribution in [0.5, 0.6) is 0 Å². The quantitative estimate of drug-likeness (QED) is 0.535. The van der Waals surface area contributed by atoms with Gasteiger partial charge in [0.05, 0.1) is 6.42 Å². The lowest BCUT2D eigenvalue weighted by molar-refractivity contribution is -0.262. The molecule has 0 aromatic carbocycles. The lowest BCUT2D eigenvalue weighted by atomic mass is 9.90. The Bertz CT molecular complexity index is 211. The lowest BCUT2D eigenvalue weighted by Crippen LogP contribution is -2.46. The molecule has 12 heavy (non-hydrogen) atoms. The van der Waals surface area contributed by atoms with Crippen molar-refractivity contribution < 1.29 is 22.7 Å². The number of hydrogen-bond acceptors (Lipinski definition) is 2. The van der Waals surface area contributed by atoms with Crippen LogP contribution in [0.25, 0.3) is 0 Å². The van der Waals surface area contributed by atoms with Crippen LogP contribution in [0, 0.1) is 5.92 Å². The maximum atomic E-state index is 12.3. The SMILES string of the molecule is C[C@H]1CC(=O)O[C@@]1(C)C(F)(F)F. The predicted octanol–water partition coefficient (Wildman–Crippen LogP) is 1.89. The second kappa shape index (κ2) is 2.37. The molecule has 0 aliphatic carbocycles. The van der Waals surface area contributed by atoms with E-state index in [1.54, 1.807) is 0 Å². The smallest absolute Gasteiger partial charge is 0.428 e. The highest BCUT2D eigenvalue weighted by atomic mass is 19.4. The van der Waals surface area contributed by atoms with Crippen LogP contribution in [0.4, 0.5) is 13.2 Å². The molecule has 0 saturated carbocycles. The van der Waals surface area contributed by atoms with E-state index in [1.807, 2.05) is 0 Å². The molecule has 70 valence electrons. The van der Waals surface area contributed by atoms with Crippen molar-refractivity contribution in [3.8, 4) is 0 Å². The van der Waals surface area contributed by atoms with Crippen LogP contribution in [0.3, 0.4) is 0 Å². The third-order valence-electron chi connectivity index (χ3n) is 2.30. The monoisotopic (exact) mass is 182 g/mol. The van der Waals surface area contributed by atoms with E-state index in [0.29, 0.717) is 0 Å². The minimum atomic E-state index is -4.47. The first-order valence-corrected chi connectivity index (χ1v) is 3.56. The summed E-state index contributed by atoms with van der Waals surface area (Å²) < 4.78 is 41.1. The zero-order chi connectivity index (χ0) is 9.57. The van der Waals surface area contributed by atoms with Gasteiger partial charge in [0, 0.05) is 5.92 Å². The molecule has 1 fully saturated rings. The number of cyclic esters (lactones) is 1. The summed E-state index contributed by atoms with van der Waals surface area (Å²) in [5.41, 5.74) is -2.29. The lowest BCUT2D eigenvalue weighted by Gasteiger charge is -2.29. The van der Waals surface area contributed by atoms with Crippen molar-refractivity contribution in [2.45, 2.75) is 32.0 Å². The van der Waals surface area contributed by atoms with Crippen molar-refractivity contribution in [1.29, 1.82) is 0 Å². The van der Waals surface area contributed by atoms with E-state index in [9.17, 15) is 18.0 Å². The Kier molecular flexibility index (Phi) is 1.85. The van der Waals surface area contributed by atoms with Crippen LogP contribution in [-0.4, -0.2) is 17.7 Å². The molecule has 0 aromatic rings. The Morgan fingerprint density at radius 2 is 2.08 bits per heavy atom. The number of rotatable bonds is 0. The van der Waals surface area contributed by atoms with Crippen molar-refractivity contribution in [1.82, 2.24) is 0 Å². The van der Waals surface area contributed by atoms with Gasteiger partial charge in [-0.15, -0.1) is 0 Å². The van der Waals surface area contributed by atoms with Crippen LogP contribution in [0.2, 0.25) is 0 Å². The number of halogens is 3. The molecule has 1 aliphatic heterocycles. The minimum absolute atomic E-state index is 0.157. The molecule has 0 aromatic heterocycles. The fourth-order valence-corrected chi connectivity index (χ4v) is 1.16. The number of ether oxygens (including phenoxy) is 1. The highest BCUT2D eigenvalue weighted by Crippen LogP contribution is 2.44. The first-order valence-electron chi connectivity index (χ1n) is 3.56. The van der Waals surface area contributed by atoms with Gasteiger partial charge in [-0.05, 0) is 6.92 Å². The highest BCUT2D eigenvalue weighted by molar-refractivity contribution is 5.72. The standard InChI is InChI=1S/C7H9F3O2/c1-4-3-5(11)12-6(4,2)7(8,9)10/h4H,3H2,1-2H3/t4-,6+/m0/s1. The van der Waals surface area contributed by atoms with Crippen molar-refractivity contribution in [2.24, 2.45) is 5.92 Å². The van der Waals surface area contributed by atoms with E-state index in [-0.39, 0.29) is 6.42 Å². The molecular weight excluding hydrogens is 173 g/mol. The molecule has 2 atom stereocenters. The molecule has 1 saturated heterocycles. The predicted molar refractivity (Wildman–Crippen MR) is 34.3 cm³/mol. The van der Waals surface area contributed by atoms with Crippen LogP contribution >= 0.6 is 0 Å². The zero-order valence-electron chi connectivity index (χ0n) is 6.73. The first-order chi connectivity index (χ1) is 5.27. The topological polar surface area (TPSA) is 26.3 Å². The van der Waals surface area contributed by atoms with Gasteiger partial charge in [-0.2, -0.15) is 13.2 Å². The summed E-state index contributed by atoms with van der Waals surface area (Å²) in [4.78, 5) is 10.6. The normalized spacial score (nSPS) is 36.8. The summed E-state index contributed by atoms with van der Waals surface area (Å²) in [7, 11) is 0. The molecule has 0 unspecified atom stereocenters. The van der Waals surface area contributed by atoms with Gasteiger partial charge in [0.2, 0.25) is 5.60 Å². The fraction of sp³-hybridized carbons (Fsp3) is 0.857. The minimum Gasteiger partial charge on any atom is -0.449 e. The van der Waals surface area contributed by atoms with Crippen molar-refractivity contribution in [2.75, 3.05) is 0 Å². The number of esters is 1. The van der Waals surface area contributed by atoms with Crippen LogP contribution in [0.15, 0.2) is 0 Å². The number of carbonyl (C=O) groups excluding carboxylic acids is 1. The third kappa shape index (κ3) is 1.17. The molecule has 2 nitrogen and oxygen atoms in total. The molecule has 0 amide bonds. The number of carbonyl (C=O) groups is 1. The summed E-state index contributed by atoms with van der Waals surface area (Å²) in [5.74, 6) is -1.58. The van der Waals surface area contributed by atoms with Gasteiger partial charge < -0.3 is 4.74 Å². The summed E-state index contributed by atoms with van der Waals surface area (Å²) in [6.45, 7) is 2.26. The van der Waals surface area contributed by atoms with E-state index in [2.05, 4.69) is 4.74 Å². The average Bonchev–Trinajstić information content (AvgIpc) is 2.06. The molecule has 1 heterocycles. The number of alkyl halides is 3. The molecule has 1 rings (SSSR count). The maximum absolute atomic E-state index is 12.3. The molecule has 5 heteroatoms. The van der Waals surface area contributed by atoms with Gasteiger partial charge in [-0.25, -0.2) is 0 Å². The second-order valence-electron chi connectivity index (χ2n) is 3.18. The first kappa shape index (κ1) is 9.35. The maximum Gasteiger partial charge on any atom is 0.428 e. The molecule has 1 aliphatic rings. The van der Waals surface area contributed by atoms with E-state index < -0.39 is 23.7 Å². The van der Waals surface area contributed by atoms with E-state index in [4.69, 9.17) is 0 Å². The summed E-state index contributed by atoms with van der Waals surface area (Å²) in [6, 6.07) is 0. The van der Waals surface area contributed by atoms with Crippen molar-refractivity contribution >= 4 is 5.97 Å². The Morgan fingerprint density at radius 3 is 2.25 bits per heavy atom. The van der Waals surface area contributed by atoms with Gasteiger partial charge >= 0.3 is 12.1 Å². The second-order valence-corrected chi connectivity index (χ2v) is 3.18. The number of hydrogen-bond donors (Lipinski definition) is 0. The Balaban J connectivity index is 2.92. The summed E-state index contributed by atoms with van der Waals surface area (Å²) in [6.07, 6.45) is -4.63. The van der Waals surface area contributed by atoms with Gasteiger partial charge in [0.15, 0.2) is 0 Å². The fourth-order valence-electron chi connectivity index (χ4n) is 1.16. The largest absolute Gasteiger partial charge is 0.449 e. The van der Waals surface area contributed by atoms with Crippen molar-refractivity contribution in [3.05, 3.63) is 0 Å². The van der Waals surface area contributed by atoms with Gasteiger partial charge in [-0.3, -0.25) is 4.79 Å². The Labute approximate surface area is 67.7 Å². The van der Waals surface area contributed by atoms with Crippen molar-refractivity contribution in [3.63, 3.8) is 0 Å². The van der Waals surface area contributed by atoms with E-state index in [1.165, 1.54) is 6.92 Å². The van der Waals surface area contributed by atoms with Crippen LogP contribution < -0.4 is 0 Å². The zero-order valence-corrected chi connectivity index (χ0v) is 6.73. The molecule has 0 radical (unpaired) electrons. The molecule has 0 spiro atoms. The van der Waals surface area contributed by atoms with Crippen LogP contribution in [-0.2, 0) is 9.53 Å². The molecular formula is C7H9F3O2. The van der Waals surface area contributed by atoms with Gasteiger partial charge in [-0.1, -0.05) is 6.92 Å². The molecule has 0 N–H and O–H groups in total. The Morgan fingerprint density at radius 1 is 1.58 bits per heavy atom. The summed E-state index contributed by atoms with van der Waals surface area (Å²) in [5, 5.41) is 0. The Hall–Kier alpha value is -0.740. The van der Waals surface area contributed by atoms with E-state index in [0.717, 1.165) is 6.92 Å². The third-order valence-corrected chi connectivity index (χ3v) is 2.30. The van der Waals surface area contributed by atoms with E-state index >= 15 is 0 Å². The van der Waals surface area contributed by atoms with Crippen LogP contribution in [0.1, 0.15) is 20.3 Å². The highest BCUT2D eigenvalue weighted by Gasteiger charge is 2.61. The van der Waals surface area contributed by atoms with Gasteiger partial charge in [0.1, 0.15) is 0 Å². The van der Waals surface area contributed by atoms with Gasteiger partial charge in [0.25, 0.3) is 0 Å². The average molecular weight is 182 g/mol.